The Labute approximate surface area is 197 Å². The Morgan fingerprint density at radius 3 is 2.64 bits per heavy atom. The lowest BCUT2D eigenvalue weighted by Gasteiger charge is -2.23. The average molecular weight is 471 g/mol. The molecule has 0 saturated carbocycles. The second-order valence-corrected chi connectivity index (χ2v) is 9.65. The highest BCUT2D eigenvalue weighted by Gasteiger charge is 2.22. The van der Waals surface area contributed by atoms with Gasteiger partial charge >= 0.3 is 6.09 Å². The second-order valence-electron chi connectivity index (χ2n) is 8.70. The summed E-state index contributed by atoms with van der Waals surface area (Å²) in [6.45, 7) is 8.53. The zero-order chi connectivity index (χ0) is 24.0. The van der Waals surface area contributed by atoms with Gasteiger partial charge in [-0.05, 0) is 44.7 Å². The Balaban J connectivity index is 1.66. The Morgan fingerprint density at radius 1 is 1.24 bits per heavy atom. The fourth-order valence-corrected chi connectivity index (χ4v) is 3.99. The lowest BCUT2D eigenvalue weighted by molar-refractivity contribution is -0.127. The predicted molar refractivity (Wildman–Crippen MR) is 129 cm³/mol. The van der Waals surface area contributed by atoms with Crippen LogP contribution in [0.4, 0.5) is 10.5 Å². The molecule has 0 fully saturated rings. The highest BCUT2D eigenvalue weighted by molar-refractivity contribution is 7.11. The summed E-state index contributed by atoms with van der Waals surface area (Å²) in [4.78, 5) is 41.0. The summed E-state index contributed by atoms with van der Waals surface area (Å²) < 4.78 is 5.22. The Morgan fingerprint density at radius 2 is 1.97 bits per heavy atom. The van der Waals surface area contributed by atoms with Gasteiger partial charge in [0.1, 0.15) is 11.4 Å². The zero-order valence-corrected chi connectivity index (χ0v) is 20.2. The summed E-state index contributed by atoms with van der Waals surface area (Å²) in [7, 11) is 0. The Hall–Kier alpha value is -3.27. The molecule has 0 aromatic carbocycles. The van der Waals surface area contributed by atoms with Crippen LogP contribution < -0.4 is 11.1 Å². The Kier molecular flexibility index (Phi) is 7.80. The zero-order valence-electron chi connectivity index (χ0n) is 19.4. The number of aromatic nitrogens is 2. The molecule has 3 heterocycles. The topological polar surface area (TPSA) is 123 Å². The number of hydrogen-bond donors (Lipinski definition) is 2. The molecular formula is C23H30N6O3S. The molecule has 2 aromatic heterocycles. The van der Waals surface area contributed by atoms with Crippen molar-refractivity contribution in [1.82, 2.24) is 20.2 Å². The number of nitrogens with zero attached hydrogens (tertiary/aromatic N) is 4. The Bertz CT molecular complexity index is 1050. The van der Waals surface area contributed by atoms with Crippen molar-refractivity contribution >= 4 is 40.9 Å². The van der Waals surface area contributed by atoms with Gasteiger partial charge in [0, 0.05) is 18.5 Å². The molecule has 2 amide bonds. The quantitative estimate of drug-likeness (QED) is 0.635. The highest BCUT2D eigenvalue weighted by Crippen LogP contribution is 2.31. The fourth-order valence-electron chi connectivity index (χ4n) is 3.20. The lowest BCUT2D eigenvalue weighted by atomic mass is 10.1. The normalized spacial score (nSPS) is 13.3. The van der Waals surface area contributed by atoms with Crippen LogP contribution in [0.25, 0.3) is 6.08 Å². The van der Waals surface area contributed by atoms with Gasteiger partial charge < -0.3 is 20.7 Å². The number of amides is 2. The van der Waals surface area contributed by atoms with Gasteiger partial charge in [-0.2, -0.15) is 0 Å². The molecule has 1 aliphatic heterocycles. The summed E-state index contributed by atoms with van der Waals surface area (Å²) in [5, 5.41) is 4.59. The monoisotopic (exact) mass is 470 g/mol. The van der Waals surface area contributed by atoms with E-state index < -0.39 is 11.7 Å². The standard InChI is InChI=1S/C23H30N6O3S/c1-5-7-29(21(30)15-9-19-18(6-8-33-19)28-20(24)10-15)14-17-13-25-16(11-26-17)12-27-22(31)32-23(2,3)4/h6,8-9,11,13H,5,7,10,12,14H2,1-4H3,(H2,24,28)(H,27,31). The van der Waals surface area contributed by atoms with E-state index in [1.54, 1.807) is 38.1 Å². The summed E-state index contributed by atoms with van der Waals surface area (Å²) in [6.07, 6.45) is 5.69. The number of hydrogen-bond acceptors (Lipinski definition) is 8. The van der Waals surface area contributed by atoms with Gasteiger partial charge in [0.25, 0.3) is 5.91 Å². The van der Waals surface area contributed by atoms with E-state index in [9.17, 15) is 9.59 Å². The smallest absolute Gasteiger partial charge is 0.407 e. The van der Waals surface area contributed by atoms with Gasteiger partial charge in [-0.25, -0.2) is 9.79 Å². The minimum absolute atomic E-state index is 0.0891. The van der Waals surface area contributed by atoms with Gasteiger partial charge in [-0.1, -0.05) is 6.92 Å². The average Bonchev–Trinajstić information content (AvgIpc) is 3.10. The van der Waals surface area contributed by atoms with Crippen molar-refractivity contribution in [1.29, 1.82) is 0 Å². The van der Waals surface area contributed by atoms with Gasteiger partial charge in [0.2, 0.25) is 0 Å². The minimum atomic E-state index is -0.566. The molecule has 0 bridgehead atoms. The number of carbonyl (C=O) groups is 2. The van der Waals surface area contributed by atoms with Gasteiger partial charge in [-0.15, -0.1) is 11.3 Å². The van der Waals surface area contributed by atoms with Crippen molar-refractivity contribution in [3.05, 3.63) is 45.7 Å². The number of ether oxygens (including phenoxy) is 1. The second kappa shape index (κ2) is 10.6. The van der Waals surface area contributed by atoms with E-state index in [0.717, 1.165) is 17.0 Å². The van der Waals surface area contributed by atoms with Crippen LogP contribution in [-0.4, -0.2) is 44.8 Å². The van der Waals surface area contributed by atoms with E-state index in [1.165, 1.54) is 11.3 Å². The van der Waals surface area contributed by atoms with E-state index in [4.69, 9.17) is 10.5 Å². The highest BCUT2D eigenvalue weighted by atomic mass is 32.1. The van der Waals surface area contributed by atoms with Gasteiger partial charge in [0.05, 0.1) is 47.4 Å². The number of amidine groups is 1. The number of fused-ring (bicyclic) bond motifs is 1. The maximum Gasteiger partial charge on any atom is 0.407 e. The van der Waals surface area contributed by atoms with Crippen LogP contribution in [-0.2, 0) is 22.6 Å². The van der Waals surface area contributed by atoms with Crippen LogP contribution >= 0.6 is 11.3 Å². The third-order valence-corrected chi connectivity index (χ3v) is 5.45. The van der Waals surface area contributed by atoms with Crippen molar-refractivity contribution in [3.63, 3.8) is 0 Å². The molecule has 0 saturated heterocycles. The van der Waals surface area contributed by atoms with Crippen molar-refractivity contribution in [2.45, 2.75) is 59.2 Å². The largest absolute Gasteiger partial charge is 0.444 e. The first-order valence-electron chi connectivity index (χ1n) is 10.8. The van der Waals surface area contributed by atoms with Crippen LogP contribution in [0.2, 0.25) is 0 Å². The van der Waals surface area contributed by atoms with Crippen LogP contribution in [0, 0.1) is 0 Å². The molecule has 0 spiro atoms. The number of carbonyl (C=O) groups excluding carboxylic acids is 2. The molecule has 3 N–H and O–H groups in total. The van der Waals surface area contributed by atoms with Crippen molar-refractivity contribution in [2.24, 2.45) is 10.7 Å². The van der Waals surface area contributed by atoms with Crippen LogP contribution in [0.1, 0.15) is 56.8 Å². The number of nitrogens with two attached hydrogens (primary N) is 1. The number of nitrogens with one attached hydrogen (secondary N) is 1. The third kappa shape index (κ3) is 7.11. The van der Waals surface area contributed by atoms with E-state index in [-0.39, 0.29) is 12.5 Å². The maximum atomic E-state index is 13.3. The van der Waals surface area contributed by atoms with Crippen molar-refractivity contribution in [3.8, 4) is 0 Å². The van der Waals surface area contributed by atoms with Gasteiger partial charge in [0.15, 0.2) is 0 Å². The van der Waals surface area contributed by atoms with Crippen LogP contribution in [0.15, 0.2) is 34.4 Å². The molecule has 9 nitrogen and oxygen atoms in total. The summed E-state index contributed by atoms with van der Waals surface area (Å²) in [6, 6.07) is 1.90. The maximum absolute atomic E-state index is 13.3. The van der Waals surface area contributed by atoms with E-state index >= 15 is 0 Å². The number of aliphatic imine (C=N–C) groups is 1. The molecule has 1 aliphatic rings. The van der Waals surface area contributed by atoms with Gasteiger partial charge in [-0.3, -0.25) is 14.8 Å². The molecule has 33 heavy (non-hydrogen) atoms. The van der Waals surface area contributed by atoms with Crippen molar-refractivity contribution < 1.29 is 14.3 Å². The SMILES string of the molecule is CCCN(Cc1cnc(CNC(=O)OC(C)(C)C)cn1)C(=O)C1=Cc2sccc2N=C(N)C1. The first kappa shape index (κ1) is 24.4. The molecule has 2 aromatic rings. The van der Waals surface area contributed by atoms with Crippen LogP contribution in [0.5, 0.6) is 0 Å². The van der Waals surface area contributed by atoms with Crippen LogP contribution in [0.3, 0.4) is 0 Å². The molecular weight excluding hydrogens is 440 g/mol. The first-order chi connectivity index (χ1) is 15.6. The molecule has 3 rings (SSSR count). The minimum Gasteiger partial charge on any atom is -0.444 e. The number of rotatable bonds is 7. The molecule has 0 aliphatic carbocycles. The molecule has 0 radical (unpaired) electrons. The number of thiophene rings is 1. The summed E-state index contributed by atoms with van der Waals surface area (Å²) in [5.74, 6) is 0.332. The van der Waals surface area contributed by atoms with E-state index in [1.807, 2.05) is 24.4 Å². The molecule has 0 unspecified atom stereocenters. The molecule has 10 heteroatoms. The predicted octanol–water partition coefficient (Wildman–Crippen LogP) is 3.78. The van der Waals surface area contributed by atoms with E-state index in [2.05, 4.69) is 20.3 Å². The summed E-state index contributed by atoms with van der Waals surface area (Å²) in [5.41, 5.74) is 8.14. The summed E-state index contributed by atoms with van der Waals surface area (Å²) >= 11 is 1.53. The van der Waals surface area contributed by atoms with Crippen molar-refractivity contribution in [2.75, 3.05) is 6.54 Å². The lowest BCUT2D eigenvalue weighted by Crippen LogP contribution is -2.34. The fraction of sp³-hybridized carbons (Fsp3) is 0.435. The third-order valence-electron chi connectivity index (χ3n) is 4.59. The first-order valence-corrected chi connectivity index (χ1v) is 11.7. The number of alkyl carbamates (subject to hydrolysis) is 1. The molecule has 0 atom stereocenters. The van der Waals surface area contributed by atoms with E-state index in [0.29, 0.717) is 42.3 Å². The molecule has 176 valence electrons.